The average Bonchev–Trinajstić information content (AvgIpc) is 2.11. The molecule has 0 atom stereocenters. The fourth-order valence-corrected chi connectivity index (χ4v) is 0.797. The number of methoxy groups -OCH3 is 1. The van der Waals surface area contributed by atoms with Gasteiger partial charge in [-0.05, 0) is 30.7 Å². The zero-order chi connectivity index (χ0) is 8.27. The van der Waals surface area contributed by atoms with E-state index in [0.29, 0.717) is 0 Å². The minimum Gasteiger partial charge on any atom is -0.494 e. The Labute approximate surface area is 65.2 Å². The normalized spacial score (nSPS) is 16.5. The Morgan fingerprint density at radius 1 is 1.55 bits per heavy atom. The lowest BCUT2D eigenvalue weighted by molar-refractivity contribution is 0.283. The maximum Gasteiger partial charge on any atom is 0.165 e. The topological polar surface area (TPSA) is 9.23 Å². The molecule has 0 aromatic carbocycles. The molecular weight excluding hydrogens is 143 g/mol. The second-order valence-corrected chi connectivity index (χ2v) is 2.22. The molecule has 0 unspecified atom stereocenters. The van der Waals surface area contributed by atoms with Crippen molar-refractivity contribution in [2.24, 2.45) is 0 Å². The van der Waals surface area contributed by atoms with Gasteiger partial charge in [-0.15, -0.1) is 5.73 Å². The van der Waals surface area contributed by atoms with Crippen molar-refractivity contribution in [2.45, 2.75) is 6.92 Å². The summed E-state index contributed by atoms with van der Waals surface area (Å²) in [6.45, 7) is 1.78. The van der Waals surface area contributed by atoms with Gasteiger partial charge in [0.25, 0.3) is 0 Å². The Morgan fingerprint density at radius 3 is 2.91 bits per heavy atom. The van der Waals surface area contributed by atoms with Gasteiger partial charge in [0, 0.05) is 0 Å². The third-order valence-electron chi connectivity index (χ3n) is 1.34. The van der Waals surface area contributed by atoms with Crippen molar-refractivity contribution in [1.82, 2.24) is 0 Å². The molecule has 2 heteroatoms. The first-order valence-corrected chi connectivity index (χ1v) is 3.29. The van der Waals surface area contributed by atoms with Crippen LogP contribution in [0.15, 0.2) is 41.1 Å². The molecule has 1 aliphatic rings. The number of hydrogen-bond acceptors (Lipinski definition) is 1. The van der Waals surface area contributed by atoms with Crippen LogP contribution in [0, 0.1) is 0 Å². The minimum atomic E-state index is -0.355. The predicted octanol–water partition coefficient (Wildman–Crippen LogP) is 2.49. The molecular formula is C9H9FO. The fourth-order valence-electron chi connectivity index (χ4n) is 0.797. The Bertz CT molecular complexity index is 278. The molecule has 0 spiro atoms. The van der Waals surface area contributed by atoms with Crippen LogP contribution < -0.4 is 0 Å². The van der Waals surface area contributed by atoms with Gasteiger partial charge in [-0.2, -0.15) is 0 Å². The first-order chi connectivity index (χ1) is 5.24. The lowest BCUT2D eigenvalue weighted by Crippen LogP contribution is -1.85. The largest absolute Gasteiger partial charge is 0.494 e. The van der Waals surface area contributed by atoms with Crippen LogP contribution in [0.25, 0.3) is 0 Å². The summed E-state index contributed by atoms with van der Waals surface area (Å²) in [5, 5.41) is 0. The van der Waals surface area contributed by atoms with E-state index in [4.69, 9.17) is 4.74 Å². The van der Waals surface area contributed by atoms with Gasteiger partial charge in [0.2, 0.25) is 0 Å². The molecule has 1 rings (SSSR count). The van der Waals surface area contributed by atoms with Gasteiger partial charge in [0.05, 0.1) is 7.11 Å². The fraction of sp³-hybridized carbons (Fsp3) is 0.222. The van der Waals surface area contributed by atoms with Gasteiger partial charge in [0.1, 0.15) is 0 Å². The van der Waals surface area contributed by atoms with E-state index < -0.39 is 0 Å². The van der Waals surface area contributed by atoms with E-state index >= 15 is 0 Å². The highest BCUT2D eigenvalue weighted by Gasteiger charge is 2.03. The summed E-state index contributed by atoms with van der Waals surface area (Å²) in [4.78, 5) is 0. The first kappa shape index (κ1) is 7.83. The van der Waals surface area contributed by atoms with Crippen LogP contribution in [-0.4, -0.2) is 7.11 Å². The lowest BCUT2D eigenvalue weighted by Gasteiger charge is -1.99. The van der Waals surface area contributed by atoms with E-state index in [1.807, 2.05) is 0 Å². The number of rotatable bonds is 1. The number of hydrogen-bond donors (Lipinski definition) is 0. The summed E-state index contributed by atoms with van der Waals surface area (Å²) < 4.78 is 17.7. The van der Waals surface area contributed by atoms with E-state index in [1.54, 1.807) is 19.1 Å². The Morgan fingerprint density at radius 2 is 2.27 bits per heavy atom. The van der Waals surface area contributed by atoms with Crippen molar-refractivity contribution in [3.05, 3.63) is 41.1 Å². The monoisotopic (exact) mass is 152 g/mol. The molecule has 0 N–H and O–H groups in total. The van der Waals surface area contributed by atoms with Crippen LogP contribution in [0.5, 0.6) is 0 Å². The molecule has 0 fully saturated rings. The van der Waals surface area contributed by atoms with Crippen LogP contribution in [0.1, 0.15) is 6.92 Å². The molecule has 0 amide bonds. The summed E-state index contributed by atoms with van der Waals surface area (Å²) in [5.74, 6) is -0.111. The summed E-state index contributed by atoms with van der Waals surface area (Å²) in [5.41, 5.74) is 3.61. The van der Waals surface area contributed by atoms with Gasteiger partial charge in [-0.1, -0.05) is 0 Å². The van der Waals surface area contributed by atoms with Crippen molar-refractivity contribution in [1.29, 1.82) is 0 Å². The van der Waals surface area contributed by atoms with E-state index in [2.05, 4.69) is 5.73 Å². The highest BCUT2D eigenvalue weighted by atomic mass is 19.1. The van der Waals surface area contributed by atoms with Gasteiger partial charge >= 0.3 is 0 Å². The Hall–Kier alpha value is -1.27. The zero-order valence-corrected chi connectivity index (χ0v) is 6.52. The number of allylic oxidation sites excluding steroid dienone is 4. The van der Waals surface area contributed by atoms with Crippen molar-refractivity contribution in [3.8, 4) is 0 Å². The maximum atomic E-state index is 12.9. The van der Waals surface area contributed by atoms with Gasteiger partial charge < -0.3 is 4.74 Å². The van der Waals surface area contributed by atoms with Gasteiger partial charge in [-0.25, -0.2) is 4.39 Å². The molecule has 0 aromatic heterocycles. The molecule has 1 aliphatic carbocycles. The van der Waals surface area contributed by atoms with Crippen LogP contribution >= 0.6 is 0 Å². The van der Waals surface area contributed by atoms with E-state index in [1.165, 1.54) is 13.2 Å². The molecule has 0 heterocycles. The smallest absolute Gasteiger partial charge is 0.165 e. The number of halogens is 1. The van der Waals surface area contributed by atoms with Crippen LogP contribution in [0.3, 0.4) is 0 Å². The zero-order valence-electron chi connectivity index (χ0n) is 6.52. The van der Waals surface area contributed by atoms with Crippen LogP contribution in [-0.2, 0) is 4.74 Å². The Balaban J connectivity index is 3.01. The molecule has 0 radical (unpaired) electrons. The average molecular weight is 152 g/mol. The summed E-state index contributed by atoms with van der Waals surface area (Å²) in [7, 11) is 1.44. The molecule has 0 saturated carbocycles. The van der Waals surface area contributed by atoms with Crippen LogP contribution in [0.4, 0.5) is 4.39 Å². The minimum absolute atomic E-state index is 0.245. The molecule has 0 bridgehead atoms. The summed E-state index contributed by atoms with van der Waals surface area (Å²) >= 11 is 0. The SMILES string of the molecule is COC1=CC=C=C(C)C=C1F. The molecule has 0 aliphatic heterocycles. The molecule has 1 nitrogen and oxygen atoms in total. The van der Waals surface area contributed by atoms with Crippen molar-refractivity contribution < 1.29 is 9.13 Å². The highest BCUT2D eigenvalue weighted by Crippen LogP contribution is 2.16. The molecule has 0 aromatic rings. The predicted molar refractivity (Wildman–Crippen MR) is 41.6 cm³/mol. The standard InChI is InChI=1S/C9H9FO/c1-7-4-3-5-9(11-2)8(10)6-7/h3,5-6H,1-2H3. The third-order valence-corrected chi connectivity index (χ3v) is 1.34. The number of ether oxygens (including phenoxy) is 1. The van der Waals surface area contributed by atoms with Gasteiger partial charge in [-0.3, -0.25) is 0 Å². The van der Waals surface area contributed by atoms with Crippen molar-refractivity contribution in [2.75, 3.05) is 7.11 Å². The maximum absolute atomic E-state index is 12.9. The summed E-state index contributed by atoms with van der Waals surface area (Å²) in [6.07, 6.45) is 4.57. The molecule has 0 saturated heterocycles. The second-order valence-electron chi connectivity index (χ2n) is 2.22. The van der Waals surface area contributed by atoms with E-state index in [-0.39, 0.29) is 11.6 Å². The van der Waals surface area contributed by atoms with E-state index in [9.17, 15) is 4.39 Å². The molecule has 11 heavy (non-hydrogen) atoms. The second kappa shape index (κ2) is 3.22. The highest BCUT2D eigenvalue weighted by molar-refractivity contribution is 5.34. The molecule has 58 valence electrons. The Kier molecular flexibility index (Phi) is 2.29. The van der Waals surface area contributed by atoms with Crippen molar-refractivity contribution >= 4 is 0 Å². The lowest BCUT2D eigenvalue weighted by atomic mass is 10.3. The first-order valence-electron chi connectivity index (χ1n) is 3.29. The van der Waals surface area contributed by atoms with Gasteiger partial charge in [0.15, 0.2) is 11.6 Å². The van der Waals surface area contributed by atoms with Crippen molar-refractivity contribution in [3.63, 3.8) is 0 Å². The van der Waals surface area contributed by atoms with E-state index in [0.717, 1.165) is 5.57 Å². The van der Waals surface area contributed by atoms with Crippen LogP contribution in [0.2, 0.25) is 0 Å². The third kappa shape index (κ3) is 1.82. The quantitative estimate of drug-likeness (QED) is 0.524. The summed E-state index contributed by atoms with van der Waals surface area (Å²) in [6, 6.07) is 0.